The Kier molecular flexibility index (Phi) is 9.93. The summed E-state index contributed by atoms with van der Waals surface area (Å²) in [5.74, 6) is -7.44. The monoisotopic (exact) mass is 407 g/mol. The molecule has 0 aliphatic carbocycles. The summed E-state index contributed by atoms with van der Waals surface area (Å²) >= 11 is 0. The first-order valence-corrected chi connectivity index (χ1v) is 9.55. The first-order valence-electron chi connectivity index (χ1n) is 9.14. The fourth-order valence-corrected chi connectivity index (χ4v) is 2.98. The third-order valence-corrected chi connectivity index (χ3v) is 4.15. The van der Waals surface area contributed by atoms with Gasteiger partial charge < -0.3 is 13.9 Å². The maximum Gasteiger partial charge on any atom is 0.273 e. The lowest BCUT2D eigenvalue weighted by Gasteiger charge is -2.35. The second-order valence-corrected chi connectivity index (χ2v) is 7.20. The number of aryl methyl sites for hydroxylation is 1. The standard InChI is InChI=1S/C19H27F4O3Si/c1-12(2)24-19(26-27,25-13(3)4)10-8-6-5-7-9-14-11-15(20)17(22)18(23)16(14)21/h11-13H,5-10H2,1-4H3. The van der Waals surface area contributed by atoms with Gasteiger partial charge >= 0.3 is 0 Å². The van der Waals surface area contributed by atoms with Crippen molar-refractivity contribution in [1.82, 2.24) is 0 Å². The molecule has 1 aromatic rings. The summed E-state index contributed by atoms with van der Waals surface area (Å²) in [6.07, 6.45) is 3.07. The highest BCUT2D eigenvalue weighted by Gasteiger charge is 2.33. The molecule has 153 valence electrons. The molecule has 0 unspecified atom stereocenters. The van der Waals surface area contributed by atoms with Crippen LogP contribution >= 0.6 is 0 Å². The fraction of sp³-hybridized carbons (Fsp3) is 0.684. The molecule has 1 rings (SSSR count). The zero-order chi connectivity index (χ0) is 20.6. The van der Waals surface area contributed by atoms with Crippen molar-refractivity contribution in [3.8, 4) is 0 Å². The van der Waals surface area contributed by atoms with Crippen LogP contribution in [-0.4, -0.2) is 28.7 Å². The van der Waals surface area contributed by atoms with E-state index in [9.17, 15) is 17.6 Å². The van der Waals surface area contributed by atoms with Crippen molar-refractivity contribution in [1.29, 1.82) is 0 Å². The Labute approximate surface area is 161 Å². The number of unbranched alkanes of at least 4 members (excludes halogenated alkanes) is 3. The van der Waals surface area contributed by atoms with E-state index < -0.39 is 29.2 Å². The Morgan fingerprint density at radius 2 is 1.41 bits per heavy atom. The maximum atomic E-state index is 13.6. The molecule has 0 spiro atoms. The quantitative estimate of drug-likeness (QED) is 0.117. The maximum absolute atomic E-state index is 13.6. The molecule has 0 N–H and O–H groups in total. The molecule has 1 aromatic carbocycles. The van der Waals surface area contributed by atoms with Crippen molar-refractivity contribution in [2.75, 3.05) is 0 Å². The van der Waals surface area contributed by atoms with Gasteiger partial charge in [0.25, 0.3) is 16.5 Å². The number of ether oxygens (including phenoxy) is 2. The summed E-state index contributed by atoms with van der Waals surface area (Å²) in [5.41, 5.74) is -0.157. The highest BCUT2D eigenvalue weighted by atomic mass is 28.2. The molecule has 3 nitrogen and oxygen atoms in total. The lowest BCUT2D eigenvalue weighted by molar-refractivity contribution is -0.369. The SMILES string of the molecule is CC(C)OC(CCCCCCc1cc(F)c(F)c(F)c1F)(O[Si])OC(C)C. The summed E-state index contributed by atoms with van der Waals surface area (Å²) in [6.45, 7) is 7.50. The Morgan fingerprint density at radius 1 is 0.852 bits per heavy atom. The predicted molar refractivity (Wildman–Crippen MR) is 95.1 cm³/mol. The second kappa shape index (κ2) is 11.1. The minimum absolute atomic E-state index is 0.105. The summed E-state index contributed by atoms with van der Waals surface area (Å²) in [6, 6.07) is 0.712. The predicted octanol–water partition coefficient (Wildman–Crippen LogP) is 5.34. The Hall–Kier alpha value is -0.963. The van der Waals surface area contributed by atoms with Crippen molar-refractivity contribution in [3.05, 3.63) is 34.9 Å². The lowest BCUT2D eigenvalue weighted by Crippen LogP contribution is -2.42. The van der Waals surface area contributed by atoms with Crippen LogP contribution in [0.3, 0.4) is 0 Å². The van der Waals surface area contributed by atoms with E-state index >= 15 is 0 Å². The van der Waals surface area contributed by atoms with E-state index in [-0.39, 0.29) is 24.2 Å². The molecule has 0 heterocycles. The van der Waals surface area contributed by atoms with Crippen molar-refractivity contribution in [2.24, 2.45) is 0 Å². The van der Waals surface area contributed by atoms with Crippen LogP contribution < -0.4 is 0 Å². The molecular formula is C19H27F4O3Si. The number of rotatable bonds is 12. The zero-order valence-corrected chi connectivity index (χ0v) is 17.2. The van der Waals surface area contributed by atoms with Crippen LogP contribution in [0.4, 0.5) is 17.6 Å². The third-order valence-electron chi connectivity index (χ3n) is 3.84. The molecule has 0 aromatic heterocycles. The minimum Gasteiger partial charge on any atom is -0.371 e. The molecule has 0 bridgehead atoms. The molecule has 0 atom stereocenters. The smallest absolute Gasteiger partial charge is 0.273 e. The molecule has 8 heteroatoms. The Morgan fingerprint density at radius 3 is 1.93 bits per heavy atom. The summed E-state index contributed by atoms with van der Waals surface area (Å²) in [7, 11) is 3.03. The molecule has 0 fully saturated rings. The molecular weight excluding hydrogens is 380 g/mol. The van der Waals surface area contributed by atoms with Crippen LogP contribution in [0.1, 0.15) is 65.4 Å². The molecule has 0 aliphatic rings. The fourth-order valence-electron chi connectivity index (χ4n) is 2.78. The molecule has 27 heavy (non-hydrogen) atoms. The first-order chi connectivity index (χ1) is 12.6. The topological polar surface area (TPSA) is 27.7 Å². The van der Waals surface area contributed by atoms with Crippen molar-refractivity contribution >= 4 is 10.5 Å². The molecule has 0 amide bonds. The second-order valence-electron chi connectivity index (χ2n) is 6.99. The van der Waals surface area contributed by atoms with E-state index in [2.05, 4.69) is 10.5 Å². The van der Waals surface area contributed by atoms with Gasteiger partial charge in [-0.2, -0.15) is 0 Å². The van der Waals surface area contributed by atoms with Crippen LogP contribution in [0.5, 0.6) is 0 Å². The van der Waals surface area contributed by atoms with E-state index in [1.54, 1.807) is 0 Å². The van der Waals surface area contributed by atoms with Crippen LogP contribution in [0.15, 0.2) is 6.07 Å². The third kappa shape index (κ3) is 7.52. The number of halogens is 4. The van der Waals surface area contributed by atoms with Gasteiger partial charge in [0, 0.05) is 6.42 Å². The van der Waals surface area contributed by atoms with Crippen molar-refractivity contribution in [3.63, 3.8) is 0 Å². The highest BCUT2D eigenvalue weighted by Crippen LogP contribution is 2.26. The van der Waals surface area contributed by atoms with Crippen molar-refractivity contribution < 1.29 is 31.5 Å². The Balaban J connectivity index is 2.49. The van der Waals surface area contributed by atoms with E-state index in [1.807, 2.05) is 27.7 Å². The number of hydrogen-bond acceptors (Lipinski definition) is 3. The largest absolute Gasteiger partial charge is 0.371 e. The lowest BCUT2D eigenvalue weighted by atomic mass is 10.0. The number of hydrogen-bond donors (Lipinski definition) is 0. The van der Waals surface area contributed by atoms with Gasteiger partial charge in [-0.25, -0.2) is 17.6 Å². The molecule has 3 radical (unpaired) electrons. The molecule has 0 saturated heterocycles. The van der Waals surface area contributed by atoms with Gasteiger partial charge in [-0.3, -0.25) is 0 Å². The van der Waals surface area contributed by atoms with Crippen LogP contribution in [0, 0.1) is 23.3 Å². The first kappa shape index (κ1) is 24.1. The average molecular weight is 408 g/mol. The highest BCUT2D eigenvalue weighted by molar-refractivity contribution is 5.98. The summed E-state index contributed by atoms with van der Waals surface area (Å²) in [4.78, 5) is 0. The van der Waals surface area contributed by atoms with Crippen LogP contribution in [0.25, 0.3) is 0 Å². The van der Waals surface area contributed by atoms with E-state index in [1.165, 1.54) is 0 Å². The van der Waals surface area contributed by atoms with Gasteiger partial charge in [0.15, 0.2) is 23.3 Å². The van der Waals surface area contributed by atoms with Gasteiger partial charge in [-0.05, 0) is 58.6 Å². The van der Waals surface area contributed by atoms with E-state index in [0.717, 1.165) is 6.42 Å². The van der Waals surface area contributed by atoms with E-state index in [0.29, 0.717) is 31.7 Å². The Bertz CT molecular complexity index is 587. The number of benzene rings is 1. The van der Waals surface area contributed by atoms with Crippen LogP contribution in [-0.2, 0) is 20.3 Å². The normalized spacial score (nSPS) is 12.4. The van der Waals surface area contributed by atoms with Gasteiger partial charge in [0.2, 0.25) is 0 Å². The summed E-state index contributed by atoms with van der Waals surface area (Å²) in [5, 5.41) is 0. The van der Waals surface area contributed by atoms with Gasteiger partial charge in [-0.1, -0.05) is 12.8 Å². The van der Waals surface area contributed by atoms with E-state index in [4.69, 9.17) is 13.9 Å². The van der Waals surface area contributed by atoms with Crippen LogP contribution in [0.2, 0.25) is 0 Å². The average Bonchev–Trinajstić information content (AvgIpc) is 2.59. The molecule has 0 aliphatic heterocycles. The van der Waals surface area contributed by atoms with Gasteiger partial charge in [0.05, 0.1) is 12.2 Å². The van der Waals surface area contributed by atoms with Gasteiger partial charge in [0.1, 0.15) is 0 Å². The zero-order valence-electron chi connectivity index (χ0n) is 16.2. The minimum atomic E-state index is -1.78. The van der Waals surface area contributed by atoms with Gasteiger partial charge in [-0.15, -0.1) is 0 Å². The summed E-state index contributed by atoms with van der Waals surface area (Å²) < 4.78 is 69.8. The van der Waals surface area contributed by atoms with Crippen molar-refractivity contribution in [2.45, 2.75) is 84.4 Å². The molecule has 0 saturated carbocycles.